The van der Waals surface area contributed by atoms with Crippen LogP contribution in [0.4, 0.5) is 0 Å². The Bertz CT molecular complexity index is 1280. The van der Waals surface area contributed by atoms with Crippen molar-refractivity contribution in [1.29, 1.82) is 0 Å². The minimum absolute atomic E-state index is 0.160. The van der Waals surface area contributed by atoms with Gasteiger partial charge in [0.1, 0.15) is 5.60 Å². The lowest BCUT2D eigenvalue weighted by molar-refractivity contribution is -0.00901. The first-order chi connectivity index (χ1) is 19.6. The number of ether oxygens (including phenoxy) is 1. The quantitative estimate of drug-likeness (QED) is 0.161. The van der Waals surface area contributed by atoms with E-state index in [9.17, 15) is 5.11 Å². The minimum atomic E-state index is -0.382. The lowest BCUT2D eigenvalue weighted by Crippen LogP contribution is -2.49. The van der Waals surface area contributed by atoms with E-state index in [-0.39, 0.29) is 22.7 Å². The zero-order valence-corrected chi connectivity index (χ0v) is 28.0. The number of rotatable bonds is 10. The van der Waals surface area contributed by atoms with Gasteiger partial charge in [0.25, 0.3) is 0 Å². The highest BCUT2D eigenvalue weighted by atomic mass is 16.6. The predicted molar refractivity (Wildman–Crippen MR) is 182 cm³/mol. The van der Waals surface area contributed by atoms with Gasteiger partial charge in [-0.1, -0.05) is 141 Å². The van der Waals surface area contributed by atoms with Gasteiger partial charge in [-0.2, -0.15) is 0 Å². The Labute approximate surface area is 257 Å². The molecule has 2 nitrogen and oxygen atoms in total. The molecule has 228 valence electrons. The van der Waals surface area contributed by atoms with Gasteiger partial charge < -0.3 is 9.84 Å². The maximum atomic E-state index is 10.6. The summed E-state index contributed by atoms with van der Waals surface area (Å²) in [6.45, 7) is 22.0. The average Bonchev–Trinajstić information content (AvgIpc) is 3.54. The zero-order chi connectivity index (χ0) is 31.2. The average molecular weight is 569 g/mol. The van der Waals surface area contributed by atoms with E-state index >= 15 is 0 Å². The maximum Gasteiger partial charge on any atom is 0.124 e. The van der Waals surface area contributed by atoms with Crippen molar-refractivity contribution in [2.24, 2.45) is 16.7 Å². The molecule has 2 heteroatoms. The minimum Gasteiger partial charge on any atom is -0.392 e. The van der Waals surface area contributed by atoms with Crippen LogP contribution < -0.4 is 0 Å². The number of hydrogen-bond acceptors (Lipinski definition) is 2. The molecular formula is C40H56O2. The molecule has 0 amide bonds. The van der Waals surface area contributed by atoms with Gasteiger partial charge in [-0.15, -0.1) is 0 Å². The maximum absolute atomic E-state index is 10.6. The summed E-state index contributed by atoms with van der Waals surface area (Å²) < 4.78 is 6.25. The molecule has 3 aliphatic rings. The summed E-state index contributed by atoms with van der Waals surface area (Å²) in [5.74, 6) is 0.521. The number of epoxide rings is 1. The van der Waals surface area contributed by atoms with E-state index in [0.29, 0.717) is 11.3 Å². The largest absolute Gasteiger partial charge is 0.392 e. The van der Waals surface area contributed by atoms with E-state index < -0.39 is 0 Å². The predicted octanol–water partition coefficient (Wildman–Crippen LogP) is 10.6. The Balaban J connectivity index is 1.49. The molecule has 2 aliphatic carbocycles. The van der Waals surface area contributed by atoms with Crippen LogP contribution >= 0.6 is 0 Å². The molecule has 1 saturated heterocycles. The molecule has 1 saturated carbocycles. The Kier molecular flexibility index (Phi) is 11.1. The van der Waals surface area contributed by atoms with Crippen molar-refractivity contribution in [2.45, 2.75) is 112 Å². The summed E-state index contributed by atoms with van der Waals surface area (Å²) in [5.41, 5.74) is 5.82. The van der Waals surface area contributed by atoms with Gasteiger partial charge in [-0.05, 0) is 78.7 Å². The Morgan fingerprint density at radius 3 is 1.86 bits per heavy atom. The van der Waals surface area contributed by atoms with E-state index in [1.54, 1.807) is 0 Å². The first-order valence-corrected chi connectivity index (χ1v) is 15.8. The first kappa shape index (κ1) is 33.8. The molecule has 2 fully saturated rings. The summed E-state index contributed by atoms with van der Waals surface area (Å²) in [7, 11) is 0. The van der Waals surface area contributed by atoms with Crippen LogP contribution in [0, 0.1) is 16.7 Å². The van der Waals surface area contributed by atoms with E-state index in [4.69, 9.17) is 4.74 Å². The molecule has 4 atom stereocenters. The van der Waals surface area contributed by atoms with E-state index in [0.717, 1.165) is 18.4 Å². The number of hydrogen-bond donors (Lipinski definition) is 1. The highest BCUT2D eigenvalue weighted by molar-refractivity contribution is 5.37. The van der Waals surface area contributed by atoms with Gasteiger partial charge in [0, 0.05) is 11.3 Å². The molecule has 3 rings (SSSR count). The number of aliphatic hydroxyl groups excluding tert-OH is 1. The van der Waals surface area contributed by atoms with Crippen molar-refractivity contribution in [2.75, 3.05) is 0 Å². The highest BCUT2D eigenvalue weighted by Gasteiger charge is 2.75. The lowest BCUT2D eigenvalue weighted by Gasteiger charge is -2.40. The Morgan fingerprint density at radius 1 is 0.762 bits per heavy atom. The normalized spacial score (nSPS) is 32.5. The molecule has 1 N–H and O–H groups in total. The van der Waals surface area contributed by atoms with Gasteiger partial charge in [0.15, 0.2) is 0 Å². The highest BCUT2D eigenvalue weighted by Crippen LogP contribution is 2.66. The van der Waals surface area contributed by atoms with Crippen LogP contribution in [0.5, 0.6) is 0 Å². The van der Waals surface area contributed by atoms with E-state index in [1.807, 2.05) is 0 Å². The summed E-state index contributed by atoms with van der Waals surface area (Å²) in [5, 5.41) is 10.6. The molecule has 0 spiro atoms. The van der Waals surface area contributed by atoms with Crippen molar-refractivity contribution >= 4 is 0 Å². The summed E-state index contributed by atoms with van der Waals surface area (Å²) in [4.78, 5) is 0. The molecule has 4 unspecified atom stereocenters. The molecule has 0 radical (unpaired) electrons. The number of allylic oxidation sites excluding steroid dienone is 19. The van der Waals surface area contributed by atoms with Crippen molar-refractivity contribution < 1.29 is 9.84 Å². The third-order valence-corrected chi connectivity index (χ3v) is 9.80. The monoisotopic (exact) mass is 568 g/mol. The van der Waals surface area contributed by atoms with Crippen LogP contribution in [0.2, 0.25) is 0 Å². The van der Waals surface area contributed by atoms with Crippen LogP contribution in [0.3, 0.4) is 0 Å². The zero-order valence-electron chi connectivity index (χ0n) is 28.0. The molecule has 1 heterocycles. The fraction of sp³-hybridized carbons (Fsp3) is 0.500. The third-order valence-electron chi connectivity index (χ3n) is 9.80. The van der Waals surface area contributed by atoms with Crippen molar-refractivity contribution in [3.05, 3.63) is 119 Å². The van der Waals surface area contributed by atoms with Crippen molar-refractivity contribution in [1.82, 2.24) is 0 Å². The van der Waals surface area contributed by atoms with Crippen molar-refractivity contribution in [3.63, 3.8) is 0 Å². The van der Waals surface area contributed by atoms with E-state index in [1.165, 1.54) is 35.1 Å². The fourth-order valence-electron chi connectivity index (χ4n) is 6.65. The molecule has 1 aliphatic heterocycles. The van der Waals surface area contributed by atoms with Gasteiger partial charge in [-0.25, -0.2) is 0 Å². The molecular weight excluding hydrogens is 512 g/mol. The second-order valence-electron chi connectivity index (χ2n) is 14.2. The molecule has 42 heavy (non-hydrogen) atoms. The summed E-state index contributed by atoms with van der Waals surface area (Å²) in [6.07, 6.45) is 36.4. The second kappa shape index (κ2) is 13.7. The van der Waals surface area contributed by atoms with Crippen LogP contribution in [0.1, 0.15) is 94.9 Å². The van der Waals surface area contributed by atoms with Gasteiger partial charge in [0.05, 0.1) is 11.7 Å². The van der Waals surface area contributed by atoms with Crippen molar-refractivity contribution in [3.8, 4) is 0 Å². The van der Waals surface area contributed by atoms with Crippen LogP contribution in [-0.2, 0) is 4.74 Å². The smallest absolute Gasteiger partial charge is 0.124 e. The topological polar surface area (TPSA) is 32.8 Å². The molecule has 0 aromatic heterocycles. The number of fused-ring (bicyclic) bond motifs is 1. The standard InChI is InChI=1S/C40H56O2/c1-30(18-13-20-32(3)23-24-35-34(5)22-15-27-37(35,6)7)16-11-12-17-31(2)19-14-21-33(4)25-29-40-38(8,9)36(41)26-28-39(40,10)42-40/h11-14,16-25,29,35-36,41H,15,26-28H2,1-10H3. The van der Waals surface area contributed by atoms with Gasteiger partial charge >= 0.3 is 0 Å². The Hall–Kier alpha value is -2.68. The number of aliphatic hydroxyl groups is 1. The summed E-state index contributed by atoms with van der Waals surface area (Å²) >= 11 is 0. The van der Waals surface area contributed by atoms with Gasteiger partial charge in [-0.3, -0.25) is 0 Å². The van der Waals surface area contributed by atoms with Gasteiger partial charge in [0.2, 0.25) is 0 Å². The second-order valence-corrected chi connectivity index (χ2v) is 14.2. The first-order valence-electron chi connectivity index (χ1n) is 15.8. The molecule has 0 aromatic rings. The Morgan fingerprint density at radius 2 is 1.29 bits per heavy atom. The SMILES string of the molecule is CC(C=CC=C(C)C=CC1C(C)=CCCC1(C)C)=CC=CC=C(C)C=CC=C(C)C=CC12OC1(C)CCC(O)C2(C)C. The van der Waals surface area contributed by atoms with Crippen LogP contribution in [0.25, 0.3) is 0 Å². The van der Waals surface area contributed by atoms with E-state index in [2.05, 4.69) is 160 Å². The summed E-state index contributed by atoms with van der Waals surface area (Å²) in [6, 6.07) is 0. The fourth-order valence-corrected chi connectivity index (χ4v) is 6.65. The van der Waals surface area contributed by atoms with Crippen LogP contribution in [0.15, 0.2) is 119 Å². The lowest BCUT2D eigenvalue weighted by atomic mass is 9.62. The molecule has 0 bridgehead atoms. The van der Waals surface area contributed by atoms with Crippen LogP contribution in [-0.4, -0.2) is 22.4 Å². The third kappa shape index (κ3) is 8.03. The molecule has 0 aromatic carbocycles.